The fourth-order valence-electron chi connectivity index (χ4n) is 1.98. The molecule has 0 rings (SSSR count). The van der Waals surface area contributed by atoms with E-state index in [2.05, 4.69) is 18.7 Å². The van der Waals surface area contributed by atoms with Crippen LogP contribution in [0.25, 0.3) is 0 Å². The van der Waals surface area contributed by atoms with Crippen LogP contribution in [0.15, 0.2) is 0 Å². The number of hydrogen-bond acceptors (Lipinski definition) is 4. The molecule has 0 radical (unpaired) electrons. The molecule has 1 atom stereocenters. The van der Waals surface area contributed by atoms with Crippen molar-refractivity contribution in [3.05, 3.63) is 0 Å². The van der Waals surface area contributed by atoms with E-state index >= 15 is 0 Å². The van der Waals surface area contributed by atoms with Crippen molar-refractivity contribution in [2.24, 2.45) is 5.73 Å². The predicted molar refractivity (Wildman–Crippen MR) is 67.7 cm³/mol. The number of ether oxygens (including phenoxy) is 2. The van der Waals surface area contributed by atoms with Gasteiger partial charge in [-0.3, -0.25) is 4.90 Å². The summed E-state index contributed by atoms with van der Waals surface area (Å²) in [7, 11) is 3.46. The van der Waals surface area contributed by atoms with E-state index in [1.165, 1.54) is 0 Å². The average Bonchev–Trinajstić information content (AvgIpc) is 2.29. The Morgan fingerprint density at radius 1 is 1.12 bits per heavy atom. The van der Waals surface area contributed by atoms with Gasteiger partial charge in [-0.15, -0.1) is 0 Å². The van der Waals surface area contributed by atoms with Crippen LogP contribution in [0.5, 0.6) is 0 Å². The van der Waals surface area contributed by atoms with Gasteiger partial charge < -0.3 is 15.2 Å². The zero-order valence-electron chi connectivity index (χ0n) is 11.3. The molecule has 0 aromatic rings. The van der Waals surface area contributed by atoms with Crippen LogP contribution in [-0.2, 0) is 9.47 Å². The second-order valence-electron chi connectivity index (χ2n) is 4.42. The zero-order valence-corrected chi connectivity index (χ0v) is 11.3. The monoisotopic (exact) mass is 232 g/mol. The lowest BCUT2D eigenvalue weighted by molar-refractivity contribution is 0.0412. The van der Waals surface area contributed by atoms with Crippen molar-refractivity contribution in [1.82, 2.24) is 4.90 Å². The van der Waals surface area contributed by atoms with Crippen molar-refractivity contribution >= 4 is 0 Å². The molecule has 0 saturated heterocycles. The van der Waals surface area contributed by atoms with E-state index < -0.39 is 0 Å². The molecule has 1 unspecified atom stereocenters. The summed E-state index contributed by atoms with van der Waals surface area (Å²) in [5.74, 6) is 0. The summed E-state index contributed by atoms with van der Waals surface area (Å²) >= 11 is 0. The molecule has 0 aromatic carbocycles. The first-order chi connectivity index (χ1) is 7.64. The van der Waals surface area contributed by atoms with Crippen LogP contribution in [0.2, 0.25) is 0 Å². The van der Waals surface area contributed by atoms with Crippen molar-refractivity contribution in [1.29, 1.82) is 0 Å². The van der Waals surface area contributed by atoms with Gasteiger partial charge in [0.05, 0.1) is 13.2 Å². The van der Waals surface area contributed by atoms with Gasteiger partial charge in [0.1, 0.15) is 0 Å². The van der Waals surface area contributed by atoms with Crippen LogP contribution in [0.3, 0.4) is 0 Å². The minimum Gasteiger partial charge on any atom is -0.383 e. The molecular formula is C12H28N2O2. The summed E-state index contributed by atoms with van der Waals surface area (Å²) in [4.78, 5) is 2.38. The lowest BCUT2D eigenvalue weighted by atomic mass is 9.94. The Morgan fingerprint density at radius 2 is 1.62 bits per heavy atom. The molecule has 4 nitrogen and oxygen atoms in total. The molecule has 0 saturated carbocycles. The Kier molecular flexibility index (Phi) is 8.84. The van der Waals surface area contributed by atoms with E-state index in [1.807, 2.05) is 0 Å². The standard InChI is InChI=1S/C12H28N2O2/c1-5-6-12(2,11-13)14(7-9-15-3)8-10-16-4/h5-11,13H2,1-4H3. The third-order valence-corrected chi connectivity index (χ3v) is 3.12. The highest BCUT2D eigenvalue weighted by Gasteiger charge is 2.28. The third kappa shape index (κ3) is 5.25. The maximum absolute atomic E-state index is 5.91. The minimum absolute atomic E-state index is 0.0613. The molecule has 0 bridgehead atoms. The topological polar surface area (TPSA) is 47.7 Å². The summed E-state index contributed by atoms with van der Waals surface area (Å²) in [5, 5.41) is 0. The molecule has 0 spiro atoms. The first-order valence-corrected chi connectivity index (χ1v) is 6.07. The molecule has 0 aliphatic rings. The second kappa shape index (κ2) is 8.93. The summed E-state index contributed by atoms with van der Waals surface area (Å²) in [6.07, 6.45) is 2.25. The Morgan fingerprint density at radius 3 is 1.94 bits per heavy atom. The molecule has 4 heteroatoms. The largest absolute Gasteiger partial charge is 0.383 e. The summed E-state index contributed by atoms with van der Waals surface area (Å²) < 4.78 is 10.3. The molecule has 0 amide bonds. The van der Waals surface area contributed by atoms with Gasteiger partial charge in [-0.2, -0.15) is 0 Å². The van der Waals surface area contributed by atoms with Crippen LogP contribution in [0, 0.1) is 0 Å². The van der Waals surface area contributed by atoms with Crippen LogP contribution in [0.1, 0.15) is 26.7 Å². The highest BCUT2D eigenvalue weighted by atomic mass is 16.5. The average molecular weight is 232 g/mol. The van der Waals surface area contributed by atoms with Gasteiger partial charge in [-0.05, 0) is 13.3 Å². The number of rotatable bonds is 10. The fraction of sp³-hybridized carbons (Fsp3) is 1.00. The zero-order chi connectivity index (χ0) is 12.4. The summed E-state index contributed by atoms with van der Waals surface area (Å²) in [6, 6.07) is 0. The van der Waals surface area contributed by atoms with Crippen molar-refractivity contribution in [3.63, 3.8) is 0 Å². The maximum atomic E-state index is 5.91. The molecule has 16 heavy (non-hydrogen) atoms. The van der Waals surface area contributed by atoms with Gasteiger partial charge in [-0.25, -0.2) is 0 Å². The third-order valence-electron chi connectivity index (χ3n) is 3.12. The number of nitrogens with zero attached hydrogens (tertiary/aromatic N) is 1. The normalized spacial score (nSPS) is 15.4. The molecule has 0 fully saturated rings. The highest BCUT2D eigenvalue weighted by Crippen LogP contribution is 2.19. The first kappa shape index (κ1) is 15.8. The van der Waals surface area contributed by atoms with Gasteiger partial charge in [0, 0.05) is 39.4 Å². The molecule has 98 valence electrons. The van der Waals surface area contributed by atoms with E-state index in [0.717, 1.165) is 39.1 Å². The van der Waals surface area contributed by atoms with Crippen LogP contribution >= 0.6 is 0 Å². The Bertz CT molecular complexity index is 159. The van der Waals surface area contributed by atoms with Gasteiger partial charge in [0.25, 0.3) is 0 Å². The van der Waals surface area contributed by atoms with Crippen molar-refractivity contribution in [2.45, 2.75) is 32.2 Å². The Balaban J connectivity index is 4.40. The van der Waals surface area contributed by atoms with E-state index in [-0.39, 0.29) is 5.54 Å². The predicted octanol–water partition coefficient (Wildman–Crippen LogP) is 1.10. The maximum Gasteiger partial charge on any atom is 0.0589 e. The van der Waals surface area contributed by atoms with Crippen molar-refractivity contribution < 1.29 is 9.47 Å². The first-order valence-electron chi connectivity index (χ1n) is 6.07. The number of hydrogen-bond donors (Lipinski definition) is 1. The van der Waals surface area contributed by atoms with E-state index in [1.54, 1.807) is 14.2 Å². The SMILES string of the molecule is CCCC(C)(CN)N(CCOC)CCOC. The van der Waals surface area contributed by atoms with E-state index in [9.17, 15) is 0 Å². The molecule has 0 heterocycles. The highest BCUT2D eigenvalue weighted by molar-refractivity contribution is 4.87. The summed E-state index contributed by atoms with van der Waals surface area (Å²) in [6.45, 7) is 8.39. The Labute approximate surface area is 100 Å². The molecule has 0 aliphatic heterocycles. The summed E-state index contributed by atoms with van der Waals surface area (Å²) in [5.41, 5.74) is 5.98. The smallest absolute Gasteiger partial charge is 0.0589 e. The van der Waals surface area contributed by atoms with Gasteiger partial charge in [-0.1, -0.05) is 13.3 Å². The van der Waals surface area contributed by atoms with Gasteiger partial charge in [0.2, 0.25) is 0 Å². The van der Waals surface area contributed by atoms with Crippen molar-refractivity contribution in [2.75, 3.05) is 47.1 Å². The second-order valence-corrected chi connectivity index (χ2v) is 4.42. The lowest BCUT2D eigenvalue weighted by Crippen LogP contribution is -2.53. The molecule has 2 N–H and O–H groups in total. The molecule has 0 aliphatic carbocycles. The van der Waals surface area contributed by atoms with E-state index in [0.29, 0.717) is 6.54 Å². The van der Waals surface area contributed by atoms with Crippen LogP contribution in [-0.4, -0.2) is 57.5 Å². The molecule has 0 aromatic heterocycles. The number of nitrogens with two attached hydrogens (primary N) is 1. The lowest BCUT2D eigenvalue weighted by Gasteiger charge is -2.40. The van der Waals surface area contributed by atoms with E-state index in [4.69, 9.17) is 15.2 Å². The van der Waals surface area contributed by atoms with Gasteiger partial charge in [0.15, 0.2) is 0 Å². The Hall–Kier alpha value is -0.160. The quantitative estimate of drug-likeness (QED) is 0.613. The fourth-order valence-corrected chi connectivity index (χ4v) is 1.98. The van der Waals surface area contributed by atoms with Crippen LogP contribution in [0.4, 0.5) is 0 Å². The minimum atomic E-state index is 0.0613. The van der Waals surface area contributed by atoms with Gasteiger partial charge >= 0.3 is 0 Å². The van der Waals surface area contributed by atoms with Crippen molar-refractivity contribution in [3.8, 4) is 0 Å². The number of methoxy groups -OCH3 is 2. The van der Waals surface area contributed by atoms with Crippen LogP contribution < -0.4 is 5.73 Å². The molecular weight excluding hydrogens is 204 g/mol.